The van der Waals surface area contributed by atoms with Gasteiger partial charge in [-0.1, -0.05) is 72.8 Å². The summed E-state index contributed by atoms with van der Waals surface area (Å²) in [5.41, 5.74) is 11.5. The predicted molar refractivity (Wildman–Crippen MR) is 231 cm³/mol. The van der Waals surface area contributed by atoms with E-state index < -0.39 is 0 Å². The molecular weight excluding hydrogens is 731 g/mol. The summed E-state index contributed by atoms with van der Waals surface area (Å²) in [5, 5.41) is 12.7. The maximum atomic E-state index is 5.63. The van der Waals surface area contributed by atoms with Gasteiger partial charge in [-0.05, 0) is 54.6 Å². The molecule has 1 N–H and O–H groups in total. The number of hydrogen-bond acceptors (Lipinski definition) is 10. The van der Waals surface area contributed by atoms with E-state index in [9.17, 15) is 0 Å². The Morgan fingerprint density at radius 2 is 1.44 bits per heavy atom. The molecule has 9 heterocycles. The molecule has 10 aromatic rings. The molecule has 0 fully saturated rings. The first-order valence-corrected chi connectivity index (χ1v) is 19.2. The van der Waals surface area contributed by atoms with Gasteiger partial charge in [0, 0.05) is 80.0 Å². The highest BCUT2D eigenvalue weighted by Crippen LogP contribution is 2.48. The lowest BCUT2D eigenvalue weighted by Crippen LogP contribution is -2.21. The molecule has 2 aliphatic heterocycles. The molecule has 0 amide bonds. The van der Waals surface area contributed by atoms with E-state index in [4.69, 9.17) is 35.0 Å². The average molecular weight is 760 g/mol. The molecule has 59 heavy (non-hydrogen) atoms. The van der Waals surface area contributed by atoms with E-state index in [1.807, 2.05) is 72.9 Å². The first-order valence-electron chi connectivity index (χ1n) is 19.2. The first kappa shape index (κ1) is 32.9. The molecule has 0 saturated heterocycles. The molecule has 2 aliphatic rings. The molecule has 276 valence electrons. The number of hydrogen-bond donors (Lipinski definition) is 1. The molecule has 0 unspecified atom stereocenters. The Kier molecular flexibility index (Phi) is 7.32. The van der Waals surface area contributed by atoms with Crippen molar-refractivity contribution in [1.82, 2.24) is 55.0 Å². The third-order valence-corrected chi connectivity index (χ3v) is 11.0. The van der Waals surface area contributed by atoms with Crippen molar-refractivity contribution in [3.8, 4) is 45.4 Å². The number of nitrogens with zero attached hydrogens (tertiary/aromatic N) is 10. The van der Waals surface area contributed by atoms with Gasteiger partial charge >= 0.3 is 0 Å². The fraction of sp³-hybridized carbons (Fsp3) is 0.0208. The number of aromatic amines is 1. The fourth-order valence-electron chi connectivity index (χ4n) is 8.27. The number of aromatic nitrogens is 10. The van der Waals surface area contributed by atoms with E-state index in [0.717, 1.165) is 78.2 Å². The van der Waals surface area contributed by atoms with Crippen molar-refractivity contribution in [3.63, 3.8) is 0 Å². The number of H-pyrrole nitrogens is 1. The number of benzene rings is 3. The normalized spacial score (nSPS) is 13.7. The monoisotopic (exact) mass is 759 g/mol. The highest BCUT2D eigenvalue weighted by Gasteiger charge is 2.30. The summed E-state index contributed by atoms with van der Waals surface area (Å²) in [7, 11) is 0. The van der Waals surface area contributed by atoms with Gasteiger partial charge in [-0.3, -0.25) is 5.10 Å². The Morgan fingerprint density at radius 3 is 2.37 bits per heavy atom. The Labute approximate surface area is 335 Å². The van der Waals surface area contributed by atoms with Crippen molar-refractivity contribution >= 4 is 60.2 Å². The van der Waals surface area contributed by atoms with Crippen LogP contribution in [0.25, 0.3) is 106 Å². The van der Waals surface area contributed by atoms with Crippen molar-refractivity contribution in [3.05, 3.63) is 170 Å². The molecule has 3 aromatic carbocycles. The molecule has 0 atom stereocenters. The Balaban J connectivity index is 1.31. The van der Waals surface area contributed by atoms with Gasteiger partial charge < -0.3 is 4.90 Å². The van der Waals surface area contributed by atoms with E-state index >= 15 is 0 Å². The largest absolute Gasteiger partial charge is 0.344 e. The van der Waals surface area contributed by atoms with Crippen LogP contribution < -0.4 is 0 Å². The second-order valence-corrected chi connectivity index (χ2v) is 14.4. The van der Waals surface area contributed by atoms with Gasteiger partial charge in [0.25, 0.3) is 0 Å². The first-order chi connectivity index (χ1) is 29.2. The summed E-state index contributed by atoms with van der Waals surface area (Å²) in [5.74, 6) is 0.528. The number of para-hydroxylation sites is 2. The molecule has 11 nitrogen and oxygen atoms in total. The van der Waals surface area contributed by atoms with Crippen molar-refractivity contribution in [2.24, 2.45) is 0 Å². The minimum absolute atomic E-state index is 0.528. The Morgan fingerprint density at radius 1 is 0.610 bits per heavy atom. The van der Waals surface area contributed by atoms with Gasteiger partial charge in [0.05, 0.1) is 40.0 Å². The van der Waals surface area contributed by atoms with Crippen LogP contribution in [0.15, 0.2) is 164 Å². The van der Waals surface area contributed by atoms with E-state index in [-0.39, 0.29) is 0 Å². The quantitative estimate of drug-likeness (QED) is 0.181. The standard InChI is InChI=1S/C48H29N11/c1-3-13-34-28(9-1)16-20-36(53-34)43-32-18-19-33(44-46-38(57-58-44)26-49-27-52-46)42(48-51-25-30-10-2-4-14-35(30)54-48)40(32)41(31-12-8-24-59-23-6-5-15-39(31)59)45(56-43)37-21-17-29-11-7-22-50-47(29)55-37/h1-23,25-27H,24H2,(H,57,58). The minimum atomic E-state index is 0.528. The Hall–Kier alpha value is -8.31. The van der Waals surface area contributed by atoms with Crippen LogP contribution in [-0.4, -0.2) is 61.5 Å². The van der Waals surface area contributed by atoms with E-state index in [0.29, 0.717) is 45.3 Å². The second kappa shape index (κ2) is 13.1. The highest BCUT2D eigenvalue weighted by molar-refractivity contribution is 6.16. The predicted octanol–water partition coefficient (Wildman–Crippen LogP) is 9.67. The molecule has 0 bridgehead atoms. The van der Waals surface area contributed by atoms with Crippen molar-refractivity contribution in [2.75, 3.05) is 6.54 Å². The summed E-state index contributed by atoms with van der Waals surface area (Å²) < 4.78 is 0. The summed E-state index contributed by atoms with van der Waals surface area (Å²) in [4.78, 5) is 42.4. The zero-order chi connectivity index (χ0) is 38.9. The minimum Gasteiger partial charge on any atom is -0.344 e. The molecule has 0 radical (unpaired) electrons. The zero-order valence-corrected chi connectivity index (χ0v) is 31.2. The van der Waals surface area contributed by atoms with Crippen molar-refractivity contribution in [1.29, 1.82) is 0 Å². The van der Waals surface area contributed by atoms with Crippen LogP contribution in [0, 0.1) is 0 Å². The van der Waals surface area contributed by atoms with Gasteiger partial charge in [-0.15, -0.1) is 0 Å². The van der Waals surface area contributed by atoms with Crippen molar-refractivity contribution < 1.29 is 0 Å². The molecule has 12 rings (SSSR count). The van der Waals surface area contributed by atoms with E-state index in [1.54, 1.807) is 18.7 Å². The number of allylic oxidation sites excluding steroid dienone is 5. The third-order valence-electron chi connectivity index (χ3n) is 11.0. The summed E-state index contributed by atoms with van der Waals surface area (Å²) in [6, 6.07) is 32.5. The van der Waals surface area contributed by atoms with Crippen LogP contribution in [0.4, 0.5) is 0 Å². The fourth-order valence-corrected chi connectivity index (χ4v) is 8.27. The van der Waals surface area contributed by atoms with Gasteiger partial charge in [0.1, 0.15) is 23.1 Å². The lowest BCUT2D eigenvalue weighted by Gasteiger charge is -2.30. The van der Waals surface area contributed by atoms with Crippen LogP contribution in [0.5, 0.6) is 0 Å². The zero-order valence-electron chi connectivity index (χ0n) is 31.2. The topological polar surface area (TPSA) is 135 Å². The summed E-state index contributed by atoms with van der Waals surface area (Å²) >= 11 is 0. The number of rotatable bonds is 5. The number of pyridine rings is 4. The molecule has 0 aliphatic carbocycles. The summed E-state index contributed by atoms with van der Waals surface area (Å²) in [6.45, 7) is 0.725. The summed E-state index contributed by atoms with van der Waals surface area (Å²) in [6.07, 6.45) is 19.7. The van der Waals surface area contributed by atoms with E-state index in [1.165, 1.54) is 0 Å². The van der Waals surface area contributed by atoms with E-state index in [2.05, 4.69) is 86.9 Å². The van der Waals surface area contributed by atoms with Crippen LogP contribution in [0.1, 0.15) is 5.56 Å². The van der Waals surface area contributed by atoms with Gasteiger partial charge in [0.2, 0.25) is 0 Å². The van der Waals surface area contributed by atoms with Gasteiger partial charge in [0.15, 0.2) is 11.5 Å². The van der Waals surface area contributed by atoms with Crippen LogP contribution >= 0.6 is 0 Å². The van der Waals surface area contributed by atoms with Crippen LogP contribution in [0.2, 0.25) is 0 Å². The van der Waals surface area contributed by atoms with Gasteiger partial charge in [-0.2, -0.15) is 5.10 Å². The maximum Gasteiger partial charge on any atom is 0.161 e. The average Bonchev–Trinajstić information content (AvgIpc) is 3.74. The highest BCUT2D eigenvalue weighted by atomic mass is 15.1. The van der Waals surface area contributed by atoms with Crippen LogP contribution in [-0.2, 0) is 0 Å². The molecule has 0 saturated carbocycles. The number of fused-ring (bicyclic) bond motifs is 6. The number of nitrogens with one attached hydrogen (secondary N) is 1. The maximum absolute atomic E-state index is 5.63. The van der Waals surface area contributed by atoms with Crippen LogP contribution in [0.3, 0.4) is 0 Å². The Bertz CT molecular complexity index is 3510. The third kappa shape index (κ3) is 5.32. The smallest absolute Gasteiger partial charge is 0.161 e. The molecular formula is C48H29N11. The van der Waals surface area contributed by atoms with Crippen molar-refractivity contribution in [2.45, 2.75) is 0 Å². The lowest BCUT2D eigenvalue weighted by molar-refractivity contribution is 0.527. The molecule has 7 aromatic heterocycles. The van der Waals surface area contributed by atoms with Gasteiger partial charge in [-0.25, -0.2) is 39.9 Å². The second-order valence-electron chi connectivity index (χ2n) is 14.4. The lowest BCUT2D eigenvalue weighted by atomic mass is 9.85. The molecule has 0 spiro atoms. The SMILES string of the molecule is C1=CC2=C(c3c(-c4ccc5cccnc5n4)nc(-c4ccc5ccccc5n4)c4ccc(-c5n[nH]c6cncnc56)c(-c5ncc6ccccc6n5)c34)C=CCN2C=C1. The molecule has 11 heteroatoms.